The highest BCUT2D eigenvalue weighted by atomic mass is 79.9. The largest absolute Gasteiger partial charge is 0.334 e. The molecule has 86 valence electrons. The summed E-state index contributed by atoms with van der Waals surface area (Å²) in [7, 11) is 0. The van der Waals surface area contributed by atoms with Crippen LogP contribution in [0.1, 0.15) is 12.5 Å². The van der Waals surface area contributed by atoms with E-state index < -0.39 is 0 Å². The first-order valence-electron chi connectivity index (χ1n) is 5.35. The van der Waals surface area contributed by atoms with E-state index in [2.05, 4.69) is 58.3 Å². The first kappa shape index (κ1) is 12.0. The van der Waals surface area contributed by atoms with Crippen molar-refractivity contribution in [2.24, 2.45) is 10.9 Å². The number of thioether (sulfide) groups is 1. The predicted molar refractivity (Wildman–Crippen MR) is 76.4 cm³/mol. The summed E-state index contributed by atoms with van der Waals surface area (Å²) in [6.45, 7) is 5.25. The highest BCUT2D eigenvalue weighted by molar-refractivity contribution is 9.10. The van der Waals surface area contributed by atoms with Gasteiger partial charge in [0.25, 0.3) is 0 Å². The summed E-state index contributed by atoms with van der Waals surface area (Å²) in [4.78, 5) is 4.52. The van der Waals surface area contributed by atoms with Crippen molar-refractivity contribution in [1.29, 1.82) is 0 Å². The molecular formula is C12H15BrN2S. The first-order valence-corrected chi connectivity index (χ1v) is 7.13. The predicted octanol–water partition coefficient (Wildman–Crippen LogP) is 3.91. The molecule has 0 saturated carbocycles. The molecule has 2 rings (SSSR count). The zero-order valence-corrected chi connectivity index (χ0v) is 11.9. The average Bonchev–Trinajstić information content (AvgIpc) is 2.27. The summed E-state index contributed by atoms with van der Waals surface area (Å²) < 4.78 is 1.08. The third-order valence-corrected chi connectivity index (χ3v) is 4.35. The number of nitrogens with zero attached hydrogens (tertiary/aromatic N) is 1. The Morgan fingerprint density at radius 3 is 3.00 bits per heavy atom. The molecule has 1 aliphatic rings. The number of halogens is 1. The quantitative estimate of drug-likeness (QED) is 0.850. The second kappa shape index (κ2) is 5.23. The maximum Gasteiger partial charge on any atom is 0.161 e. The number of aryl methyl sites for hydroxylation is 1. The second-order valence-electron chi connectivity index (χ2n) is 4.17. The van der Waals surface area contributed by atoms with Crippen LogP contribution in [0.15, 0.2) is 27.7 Å². The van der Waals surface area contributed by atoms with Gasteiger partial charge < -0.3 is 5.32 Å². The van der Waals surface area contributed by atoms with Crippen LogP contribution in [0.5, 0.6) is 0 Å². The van der Waals surface area contributed by atoms with Crippen LogP contribution in [0, 0.1) is 12.8 Å². The van der Waals surface area contributed by atoms with Gasteiger partial charge in [-0.15, -0.1) is 0 Å². The molecule has 16 heavy (non-hydrogen) atoms. The van der Waals surface area contributed by atoms with Gasteiger partial charge in [-0.1, -0.05) is 24.8 Å². The minimum absolute atomic E-state index is 0.691. The van der Waals surface area contributed by atoms with Crippen molar-refractivity contribution in [3.8, 4) is 0 Å². The number of amidine groups is 1. The summed E-state index contributed by atoms with van der Waals surface area (Å²) in [5, 5.41) is 4.41. The lowest BCUT2D eigenvalue weighted by atomic mass is 10.2. The van der Waals surface area contributed by atoms with E-state index in [0.717, 1.165) is 27.6 Å². The lowest BCUT2D eigenvalue weighted by molar-refractivity contribution is 0.674. The van der Waals surface area contributed by atoms with Gasteiger partial charge >= 0.3 is 0 Å². The van der Waals surface area contributed by atoms with Crippen LogP contribution in [-0.2, 0) is 0 Å². The fraction of sp³-hybridized carbons (Fsp3) is 0.417. The molecule has 1 heterocycles. The maximum atomic E-state index is 4.52. The Kier molecular flexibility index (Phi) is 3.92. The van der Waals surface area contributed by atoms with Crippen molar-refractivity contribution in [3.63, 3.8) is 0 Å². The third-order valence-electron chi connectivity index (χ3n) is 2.41. The van der Waals surface area contributed by atoms with E-state index in [4.69, 9.17) is 0 Å². The molecule has 0 radical (unpaired) electrons. The molecule has 1 aromatic rings. The Hall–Kier alpha value is -0.480. The lowest BCUT2D eigenvalue weighted by Gasteiger charge is -2.18. The molecule has 1 aromatic carbocycles. The number of aliphatic imine (C=N–C) groups is 1. The van der Waals surface area contributed by atoms with Crippen LogP contribution >= 0.6 is 27.7 Å². The van der Waals surface area contributed by atoms with Gasteiger partial charge in [-0.25, -0.2) is 0 Å². The number of benzene rings is 1. The molecular weight excluding hydrogens is 284 g/mol. The lowest BCUT2D eigenvalue weighted by Crippen LogP contribution is -2.18. The van der Waals surface area contributed by atoms with Gasteiger partial charge in [0.05, 0.1) is 5.69 Å². The third kappa shape index (κ3) is 3.01. The van der Waals surface area contributed by atoms with Gasteiger partial charge in [0.2, 0.25) is 0 Å². The SMILES string of the molecule is Cc1ccc(Br)c(NC2=NCC(C)CS2)c1. The van der Waals surface area contributed by atoms with Crippen LogP contribution < -0.4 is 5.32 Å². The molecule has 0 amide bonds. The summed E-state index contributed by atoms with van der Waals surface area (Å²) in [6, 6.07) is 6.28. The normalized spacial score (nSPS) is 20.4. The standard InChI is InChI=1S/C12H15BrN2S/c1-8-3-4-10(13)11(5-8)15-12-14-6-9(2)7-16-12/h3-5,9H,6-7H2,1-2H3,(H,14,15). The molecule has 1 atom stereocenters. The Morgan fingerprint density at radius 2 is 2.31 bits per heavy atom. The fourth-order valence-electron chi connectivity index (χ4n) is 1.48. The molecule has 0 aromatic heterocycles. The van der Waals surface area contributed by atoms with Gasteiger partial charge in [-0.3, -0.25) is 4.99 Å². The Balaban J connectivity index is 2.12. The highest BCUT2D eigenvalue weighted by Gasteiger charge is 2.12. The number of rotatable bonds is 1. The first-order chi connectivity index (χ1) is 7.65. The summed E-state index contributed by atoms with van der Waals surface area (Å²) in [6.07, 6.45) is 0. The van der Waals surface area contributed by atoms with E-state index >= 15 is 0 Å². The minimum Gasteiger partial charge on any atom is -0.334 e. The van der Waals surface area contributed by atoms with Gasteiger partial charge in [-0.05, 0) is 46.5 Å². The van der Waals surface area contributed by atoms with Crippen molar-refractivity contribution in [1.82, 2.24) is 0 Å². The number of hydrogen-bond acceptors (Lipinski definition) is 3. The van der Waals surface area contributed by atoms with Gasteiger partial charge in [-0.2, -0.15) is 0 Å². The van der Waals surface area contributed by atoms with Crippen LogP contribution in [-0.4, -0.2) is 17.5 Å². The molecule has 2 nitrogen and oxygen atoms in total. The van der Waals surface area contributed by atoms with Gasteiger partial charge in [0, 0.05) is 16.8 Å². The summed E-state index contributed by atoms with van der Waals surface area (Å²) in [5.41, 5.74) is 2.35. The Morgan fingerprint density at radius 1 is 1.50 bits per heavy atom. The number of anilines is 1. The highest BCUT2D eigenvalue weighted by Crippen LogP contribution is 2.26. The molecule has 0 aliphatic carbocycles. The smallest absolute Gasteiger partial charge is 0.161 e. The molecule has 0 saturated heterocycles. The van der Waals surface area contributed by atoms with E-state index in [1.807, 2.05) is 0 Å². The van der Waals surface area contributed by atoms with Gasteiger partial charge in [0.1, 0.15) is 0 Å². The topological polar surface area (TPSA) is 24.4 Å². The second-order valence-corrected chi connectivity index (χ2v) is 6.03. The monoisotopic (exact) mass is 298 g/mol. The van der Waals surface area contributed by atoms with Crippen molar-refractivity contribution >= 4 is 38.5 Å². The molecule has 1 N–H and O–H groups in total. The van der Waals surface area contributed by atoms with Crippen LogP contribution in [0.4, 0.5) is 5.69 Å². The van der Waals surface area contributed by atoms with E-state index in [0.29, 0.717) is 5.92 Å². The minimum atomic E-state index is 0.691. The summed E-state index contributed by atoms with van der Waals surface area (Å²) >= 11 is 5.34. The van der Waals surface area contributed by atoms with Crippen LogP contribution in [0.3, 0.4) is 0 Å². The number of hydrogen-bond donors (Lipinski definition) is 1. The maximum absolute atomic E-state index is 4.52. The van der Waals surface area contributed by atoms with E-state index in [1.54, 1.807) is 11.8 Å². The van der Waals surface area contributed by atoms with Crippen molar-refractivity contribution in [2.75, 3.05) is 17.6 Å². The van der Waals surface area contributed by atoms with Crippen molar-refractivity contribution < 1.29 is 0 Å². The van der Waals surface area contributed by atoms with Crippen LogP contribution in [0.25, 0.3) is 0 Å². The molecule has 4 heteroatoms. The van der Waals surface area contributed by atoms with E-state index in [1.165, 1.54) is 5.56 Å². The molecule has 0 bridgehead atoms. The summed E-state index contributed by atoms with van der Waals surface area (Å²) in [5.74, 6) is 1.84. The van der Waals surface area contributed by atoms with Crippen LogP contribution in [0.2, 0.25) is 0 Å². The molecule has 1 unspecified atom stereocenters. The molecule has 1 aliphatic heterocycles. The zero-order valence-electron chi connectivity index (χ0n) is 9.46. The number of nitrogens with one attached hydrogen (secondary N) is 1. The Bertz CT molecular complexity index is 417. The van der Waals surface area contributed by atoms with Gasteiger partial charge in [0.15, 0.2) is 5.17 Å². The van der Waals surface area contributed by atoms with E-state index in [9.17, 15) is 0 Å². The Labute approximate surface area is 109 Å². The fourth-order valence-corrected chi connectivity index (χ4v) is 2.73. The van der Waals surface area contributed by atoms with E-state index in [-0.39, 0.29) is 0 Å². The zero-order chi connectivity index (χ0) is 11.5. The molecule has 0 spiro atoms. The average molecular weight is 299 g/mol. The van der Waals surface area contributed by atoms with Crippen molar-refractivity contribution in [2.45, 2.75) is 13.8 Å². The van der Waals surface area contributed by atoms with Crippen molar-refractivity contribution in [3.05, 3.63) is 28.2 Å². The molecule has 0 fully saturated rings.